The molecule has 0 saturated heterocycles. The molecule has 0 aliphatic carbocycles. The van der Waals surface area contributed by atoms with Gasteiger partial charge in [0.1, 0.15) is 0 Å². The SMILES string of the molecule is CC(=O)Nc1ccccc1[Se+]c1ccccc1. The summed E-state index contributed by atoms with van der Waals surface area (Å²) in [4.78, 5) is 11.1. The third-order valence-electron chi connectivity index (χ3n) is 2.17. The molecule has 0 aliphatic rings. The van der Waals surface area contributed by atoms with Crippen molar-refractivity contribution in [2.45, 2.75) is 6.92 Å². The number of carbonyl (C=O) groups excluding carboxylic acids is 1. The summed E-state index contributed by atoms with van der Waals surface area (Å²) >= 11 is 0.223. The molecule has 2 rings (SSSR count). The average molecular weight is 290 g/mol. The Morgan fingerprint density at radius 1 is 1.00 bits per heavy atom. The molecule has 1 radical (unpaired) electrons. The van der Waals surface area contributed by atoms with Gasteiger partial charge in [-0.1, -0.05) is 0 Å². The van der Waals surface area contributed by atoms with Crippen molar-refractivity contribution in [2.75, 3.05) is 5.32 Å². The molecule has 0 aromatic heterocycles. The van der Waals surface area contributed by atoms with Crippen molar-refractivity contribution in [1.29, 1.82) is 0 Å². The van der Waals surface area contributed by atoms with Crippen LogP contribution in [0.2, 0.25) is 0 Å². The Bertz CT molecular complexity index is 511. The van der Waals surface area contributed by atoms with Gasteiger partial charge in [0, 0.05) is 0 Å². The molecule has 0 atom stereocenters. The molecule has 2 aromatic carbocycles. The predicted molar refractivity (Wildman–Crippen MR) is 72.2 cm³/mol. The Labute approximate surface area is 107 Å². The van der Waals surface area contributed by atoms with Crippen LogP contribution in [-0.2, 0) is 4.79 Å². The van der Waals surface area contributed by atoms with Crippen molar-refractivity contribution < 1.29 is 4.79 Å². The average Bonchev–Trinajstić information content (AvgIpc) is 2.32. The first-order valence-electron chi connectivity index (χ1n) is 5.35. The molecular formula is C14H13NOSe+. The molecule has 0 fully saturated rings. The summed E-state index contributed by atoms with van der Waals surface area (Å²) in [6.45, 7) is 1.53. The van der Waals surface area contributed by atoms with Gasteiger partial charge in [-0.05, 0) is 0 Å². The van der Waals surface area contributed by atoms with Crippen LogP contribution in [0.5, 0.6) is 0 Å². The zero-order chi connectivity index (χ0) is 12.1. The second-order valence-corrected chi connectivity index (χ2v) is 5.93. The van der Waals surface area contributed by atoms with Gasteiger partial charge in [-0.2, -0.15) is 0 Å². The van der Waals surface area contributed by atoms with E-state index >= 15 is 0 Å². The van der Waals surface area contributed by atoms with Crippen molar-refractivity contribution in [3.8, 4) is 0 Å². The van der Waals surface area contributed by atoms with Gasteiger partial charge < -0.3 is 0 Å². The minimum absolute atomic E-state index is 0.0266. The third kappa shape index (κ3) is 3.45. The number of benzene rings is 2. The summed E-state index contributed by atoms with van der Waals surface area (Å²) < 4.78 is 2.50. The first-order chi connectivity index (χ1) is 8.25. The van der Waals surface area contributed by atoms with E-state index in [4.69, 9.17) is 0 Å². The van der Waals surface area contributed by atoms with Crippen LogP contribution in [0.1, 0.15) is 6.92 Å². The molecule has 85 valence electrons. The van der Waals surface area contributed by atoms with Crippen LogP contribution in [0.3, 0.4) is 0 Å². The van der Waals surface area contributed by atoms with Crippen LogP contribution in [0, 0.1) is 0 Å². The van der Waals surface area contributed by atoms with Gasteiger partial charge in [-0.15, -0.1) is 0 Å². The molecule has 0 bridgehead atoms. The molecule has 0 saturated carbocycles. The Balaban J connectivity index is 2.23. The Morgan fingerprint density at radius 2 is 1.65 bits per heavy atom. The first kappa shape index (κ1) is 11.9. The molecule has 0 aliphatic heterocycles. The maximum absolute atomic E-state index is 11.1. The predicted octanol–water partition coefficient (Wildman–Crippen LogP) is 1.30. The maximum atomic E-state index is 11.1. The zero-order valence-corrected chi connectivity index (χ0v) is 11.2. The van der Waals surface area contributed by atoms with Crippen LogP contribution in [0.15, 0.2) is 54.6 Å². The van der Waals surface area contributed by atoms with Gasteiger partial charge in [0.05, 0.1) is 0 Å². The standard InChI is InChI=1S/C14H13NOSe/c1-11(16)15-13-9-5-6-10-14(13)17-12-7-3-2-4-8-12/h2-10H,1H3,(H,15,16)/q+1. The summed E-state index contributed by atoms with van der Waals surface area (Å²) in [5, 5.41) is 2.87. The van der Waals surface area contributed by atoms with Gasteiger partial charge in [0.25, 0.3) is 0 Å². The van der Waals surface area contributed by atoms with Gasteiger partial charge in [-0.25, -0.2) is 0 Å². The van der Waals surface area contributed by atoms with Gasteiger partial charge in [-0.3, -0.25) is 0 Å². The number of hydrogen-bond donors (Lipinski definition) is 1. The number of hydrogen-bond acceptors (Lipinski definition) is 1. The zero-order valence-electron chi connectivity index (χ0n) is 9.51. The second kappa shape index (κ2) is 5.67. The van der Waals surface area contributed by atoms with E-state index in [0.717, 1.165) is 5.69 Å². The molecular weight excluding hydrogens is 277 g/mol. The van der Waals surface area contributed by atoms with E-state index in [2.05, 4.69) is 23.5 Å². The molecule has 3 heteroatoms. The van der Waals surface area contributed by atoms with E-state index in [9.17, 15) is 4.79 Å². The monoisotopic (exact) mass is 291 g/mol. The fraction of sp³-hybridized carbons (Fsp3) is 0.0714. The summed E-state index contributed by atoms with van der Waals surface area (Å²) in [7, 11) is 0. The van der Waals surface area contributed by atoms with Gasteiger partial charge in [0.15, 0.2) is 0 Å². The molecule has 1 N–H and O–H groups in total. The van der Waals surface area contributed by atoms with Crippen molar-refractivity contribution in [3.05, 3.63) is 54.6 Å². The molecule has 0 spiro atoms. The summed E-state index contributed by atoms with van der Waals surface area (Å²) in [6, 6.07) is 18.3. The molecule has 2 nitrogen and oxygen atoms in total. The Hall–Kier alpha value is -1.57. The van der Waals surface area contributed by atoms with Crippen molar-refractivity contribution >= 4 is 35.5 Å². The molecule has 0 unspecified atom stereocenters. The van der Waals surface area contributed by atoms with E-state index in [1.807, 2.05) is 36.4 Å². The van der Waals surface area contributed by atoms with Gasteiger partial charge in [0.2, 0.25) is 0 Å². The molecule has 2 aromatic rings. The number of amides is 1. The Morgan fingerprint density at radius 3 is 2.35 bits per heavy atom. The summed E-state index contributed by atoms with van der Waals surface area (Å²) in [6.07, 6.45) is 0. The number of anilines is 1. The van der Waals surface area contributed by atoms with Crippen LogP contribution >= 0.6 is 0 Å². The quantitative estimate of drug-likeness (QED) is 0.848. The third-order valence-corrected chi connectivity index (χ3v) is 4.44. The van der Waals surface area contributed by atoms with E-state index < -0.39 is 0 Å². The van der Waals surface area contributed by atoms with Crippen LogP contribution < -0.4 is 14.2 Å². The van der Waals surface area contributed by atoms with E-state index in [1.165, 1.54) is 15.8 Å². The van der Waals surface area contributed by atoms with E-state index in [0.29, 0.717) is 0 Å². The molecule has 1 amide bonds. The van der Waals surface area contributed by atoms with E-state index in [-0.39, 0.29) is 20.9 Å². The van der Waals surface area contributed by atoms with E-state index in [1.54, 1.807) is 0 Å². The number of rotatable bonds is 3. The summed E-state index contributed by atoms with van der Waals surface area (Å²) in [5.41, 5.74) is 0.920. The fourth-order valence-corrected chi connectivity index (χ4v) is 3.40. The number of carbonyl (C=O) groups is 1. The number of nitrogens with one attached hydrogen (secondary N) is 1. The van der Waals surface area contributed by atoms with Crippen molar-refractivity contribution in [3.63, 3.8) is 0 Å². The number of para-hydroxylation sites is 1. The van der Waals surface area contributed by atoms with Gasteiger partial charge >= 0.3 is 107 Å². The van der Waals surface area contributed by atoms with Crippen LogP contribution in [0.25, 0.3) is 0 Å². The Kier molecular flexibility index (Phi) is 3.97. The minimum atomic E-state index is -0.0266. The molecule has 0 heterocycles. The summed E-state index contributed by atoms with van der Waals surface area (Å²) in [5.74, 6) is -0.0266. The van der Waals surface area contributed by atoms with Crippen LogP contribution in [-0.4, -0.2) is 20.9 Å². The van der Waals surface area contributed by atoms with Crippen molar-refractivity contribution in [1.82, 2.24) is 0 Å². The normalized spacial score (nSPS) is 9.94. The fourth-order valence-electron chi connectivity index (χ4n) is 1.46. The topological polar surface area (TPSA) is 29.1 Å². The molecule has 17 heavy (non-hydrogen) atoms. The second-order valence-electron chi connectivity index (χ2n) is 3.59. The first-order valence-corrected chi connectivity index (χ1v) is 7.06. The van der Waals surface area contributed by atoms with Crippen molar-refractivity contribution in [2.24, 2.45) is 0 Å². The van der Waals surface area contributed by atoms with Crippen LogP contribution in [0.4, 0.5) is 5.69 Å².